The van der Waals surface area contributed by atoms with Gasteiger partial charge in [-0.25, -0.2) is 9.97 Å². The highest BCUT2D eigenvalue weighted by molar-refractivity contribution is 6.10. The second kappa shape index (κ2) is 9.04. The number of pyridine rings is 2. The highest BCUT2D eigenvalue weighted by atomic mass is 16.2. The Kier molecular flexibility index (Phi) is 6.18. The molecule has 0 aliphatic carbocycles. The SMILES string of the molecule is CCC(CC)n1cnnc1-c1cccc(N2Cc3c(cc(N(C)CC)nc3CN)C2=O)n1. The zero-order valence-electron chi connectivity index (χ0n) is 19.1. The van der Waals surface area contributed by atoms with E-state index < -0.39 is 0 Å². The van der Waals surface area contributed by atoms with Crippen LogP contribution in [0, 0.1) is 0 Å². The molecule has 32 heavy (non-hydrogen) atoms. The van der Waals surface area contributed by atoms with E-state index in [1.165, 1.54) is 0 Å². The van der Waals surface area contributed by atoms with Crippen molar-refractivity contribution in [3.05, 3.63) is 47.4 Å². The van der Waals surface area contributed by atoms with Crippen LogP contribution < -0.4 is 15.5 Å². The molecule has 0 saturated carbocycles. The normalized spacial score (nSPS) is 13.2. The van der Waals surface area contributed by atoms with E-state index in [1.807, 2.05) is 43.1 Å². The maximum atomic E-state index is 13.4. The number of amides is 1. The molecule has 2 N–H and O–H groups in total. The summed E-state index contributed by atoms with van der Waals surface area (Å²) in [5.74, 6) is 1.95. The van der Waals surface area contributed by atoms with Gasteiger partial charge < -0.3 is 15.2 Å². The Bertz CT molecular complexity index is 1120. The van der Waals surface area contributed by atoms with Gasteiger partial charge in [0, 0.05) is 31.7 Å². The number of aromatic nitrogens is 5. The molecule has 3 aromatic heterocycles. The van der Waals surface area contributed by atoms with E-state index in [4.69, 9.17) is 10.7 Å². The van der Waals surface area contributed by atoms with Crippen molar-refractivity contribution < 1.29 is 4.79 Å². The molecule has 0 bridgehead atoms. The molecule has 4 heterocycles. The second-order valence-electron chi connectivity index (χ2n) is 7.98. The monoisotopic (exact) mass is 434 g/mol. The molecule has 1 aliphatic heterocycles. The topological polar surface area (TPSA) is 106 Å². The summed E-state index contributed by atoms with van der Waals surface area (Å²) in [6, 6.07) is 7.81. The van der Waals surface area contributed by atoms with Crippen molar-refractivity contribution >= 4 is 17.5 Å². The Morgan fingerprint density at radius 2 is 1.97 bits per heavy atom. The van der Waals surface area contributed by atoms with Crippen LogP contribution in [0.2, 0.25) is 0 Å². The van der Waals surface area contributed by atoms with Gasteiger partial charge in [-0.15, -0.1) is 10.2 Å². The molecular weight excluding hydrogens is 404 g/mol. The smallest absolute Gasteiger partial charge is 0.260 e. The molecule has 0 spiro atoms. The van der Waals surface area contributed by atoms with E-state index in [0.29, 0.717) is 35.5 Å². The van der Waals surface area contributed by atoms with Crippen molar-refractivity contribution in [1.29, 1.82) is 0 Å². The molecule has 4 rings (SSSR count). The first-order chi connectivity index (χ1) is 15.5. The van der Waals surface area contributed by atoms with E-state index in [1.54, 1.807) is 11.2 Å². The van der Waals surface area contributed by atoms with Crippen molar-refractivity contribution in [3.63, 3.8) is 0 Å². The standard InChI is InChI=1S/C23H30N8O/c1-5-15(6-2)31-14-25-28-22(31)18-9-8-10-20(26-18)30-13-17-16(23(30)32)11-21(29(4)7-3)27-19(17)12-24/h8-11,14-15H,5-7,12-13,24H2,1-4H3. The minimum absolute atomic E-state index is 0.0889. The summed E-state index contributed by atoms with van der Waals surface area (Å²) in [4.78, 5) is 26.5. The number of rotatable bonds is 8. The van der Waals surface area contributed by atoms with Crippen LogP contribution in [0.1, 0.15) is 61.3 Å². The fraction of sp³-hybridized carbons (Fsp3) is 0.435. The summed E-state index contributed by atoms with van der Waals surface area (Å²) in [6.45, 7) is 7.81. The van der Waals surface area contributed by atoms with Gasteiger partial charge in [0.1, 0.15) is 23.7 Å². The van der Waals surface area contributed by atoms with Gasteiger partial charge in [-0.3, -0.25) is 9.69 Å². The van der Waals surface area contributed by atoms with Crippen LogP contribution in [-0.4, -0.2) is 44.2 Å². The second-order valence-corrected chi connectivity index (χ2v) is 7.98. The third-order valence-corrected chi connectivity index (χ3v) is 6.20. The van der Waals surface area contributed by atoms with Gasteiger partial charge in [0.15, 0.2) is 5.82 Å². The summed E-state index contributed by atoms with van der Waals surface area (Å²) < 4.78 is 2.07. The minimum Gasteiger partial charge on any atom is -0.360 e. The van der Waals surface area contributed by atoms with Crippen molar-refractivity contribution in [2.75, 3.05) is 23.4 Å². The molecule has 0 atom stereocenters. The molecule has 0 radical (unpaired) electrons. The zero-order chi connectivity index (χ0) is 22.8. The maximum Gasteiger partial charge on any atom is 0.260 e. The Labute approximate surface area is 188 Å². The molecule has 1 aliphatic rings. The lowest BCUT2D eigenvalue weighted by Crippen LogP contribution is -2.24. The zero-order valence-corrected chi connectivity index (χ0v) is 19.1. The van der Waals surface area contributed by atoms with Crippen LogP contribution in [0.5, 0.6) is 0 Å². The summed E-state index contributed by atoms with van der Waals surface area (Å²) in [6.07, 6.45) is 3.71. The largest absolute Gasteiger partial charge is 0.360 e. The van der Waals surface area contributed by atoms with Crippen LogP contribution in [-0.2, 0) is 13.1 Å². The number of nitrogens with two attached hydrogens (primary N) is 1. The molecule has 9 nitrogen and oxygen atoms in total. The number of carbonyl (C=O) groups is 1. The lowest BCUT2D eigenvalue weighted by atomic mass is 10.1. The molecule has 3 aromatic rings. The Balaban J connectivity index is 1.70. The van der Waals surface area contributed by atoms with Crippen LogP contribution in [0.3, 0.4) is 0 Å². The number of nitrogens with zero attached hydrogens (tertiary/aromatic N) is 7. The molecule has 9 heteroatoms. The molecule has 0 aromatic carbocycles. The first-order valence-corrected chi connectivity index (χ1v) is 11.1. The van der Waals surface area contributed by atoms with Crippen molar-refractivity contribution in [1.82, 2.24) is 24.7 Å². The fourth-order valence-electron chi connectivity index (χ4n) is 4.14. The van der Waals surface area contributed by atoms with Crippen molar-refractivity contribution in [3.8, 4) is 11.5 Å². The van der Waals surface area contributed by atoms with Gasteiger partial charge in [-0.05, 0) is 38.0 Å². The third-order valence-electron chi connectivity index (χ3n) is 6.20. The maximum absolute atomic E-state index is 13.4. The number of hydrogen-bond acceptors (Lipinski definition) is 7. The van der Waals surface area contributed by atoms with Gasteiger partial charge in [0.05, 0.1) is 17.8 Å². The first-order valence-electron chi connectivity index (χ1n) is 11.1. The Morgan fingerprint density at radius 1 is 1.19 bits per heavy atom. The van der Waals surface area contributed by atoms with Gasteiger partial charge in [0.2, 0.25) is 0 Å². The van der Waals surface area contributed by atoms with Crippen LogP contribution >= 0.6 is 0 Å². The molecule has 0 unspecified atom stereocenters. The number of anilines is 2. The number of hydrogen-bond donors (Lipinski definition) is 1. The quantitative estimate of drug-likeness (QED) is 0.580. The highest BCUT2D eigenvalue weighted by Gasteiger charge is 2.33. The average Bonchev–Trinajstić information content (AvgIpc) is 3.44. The van der Waals surface area contributed by atoms with Crippen molar-refractivity contribution in [2.24, 2.45) is 5.73 Å². The lowest BCUT2D eigenvalue weighted by Gasteiger charge is -2.18. The summed E-state index contributed by atoms with van der Waals surface area (Å²) in [5.41, 5.74) is 8.94. The lowest BCUT2D eigenvalue weighted by molar-refractivity contribution is 0.0996. The van der Waals surface area contributed by atoms with Gasteiger partial charge in [0.25, 0.3) is 5.91 Å². The summed E-state index contributed by atoms with van der Waals surface area (Å²) in [5, 5.41) is 8.42. The van der Waals surface area contributed by atoms with E-state index in [9.17, 15) is 4.79 Å². The Hall–Kier alpha value is -3.33. The van der Waals surface area contributed by atoms with Gasteiger partial charge >= 0.3 is 0 Å². The number of carbonyl (C=O) groups excluding carboxylic acids is 1. The van der Waals surface area contributed by atoms with Crippen LogP contribution in [0.15, 0.2) is 30.6 Å². The Morgan fingerprint density at radius 3 is 2.66 bits per heavy atom. The van der Waals surface area contributed by atoms with Gasteiger partial charge in [-0.1, -0.05) is 19.9 Å². The molecule has 1 amide bonds. The van der Waals surface area contributed by atoms with E-state index in [0.717, 1.165) is 36.5 Å². The highest BCUT2D eigenvalue weighted by Crippen LogP contribution is 2.32. The van der Waals surface area contributed by atoms with Crippen LogP contribution in [0.25, 0.3) is 11.5 Å². The molecule has 0 fully saturated rings. The predicted octanol–water partition coefficient (Wildman–Crippen LogP) is 3.17. The summed E-state index contributed by atoms with van der Waals surface area (Å²) in [7, 11) is 1.95. The summed E-state index contributed by atoms with van der Waals surface area (Å²) >= 11 is 0. The molecule has 0 saturated heterocycles. The van der Waals surface area contributed by atoms with E-state index in [2.05, 4.69) is 33.6 Å². The predicted molar refractivity (Wildman–Crippen MR) is 124 cm³/mol. The first kappa shape index (κ1) is 21.9. The van der Waals surface area contributed by atoms with Gasteiger partial charge in [-0.2, -0.15) is 0 Å². The fourth-order valence-corrected chi connectivity index (χ4v) is 4.14. The average molecular weight is 435 g/mol. The van der Waals surface area contributed by atoms with E-state index in [-0.39, 0.29) is 12.5 Å². The van der Waals surface area contributed by atoms with Crippen LogP contribution in [0.4, 0.5) is 11.6 Å². The third kappa shape index (κ3) is 3.73. The minimum atomic E-state index is -0.0889. The molecule has 168 valence electrons. The number of fused-ring (bicyclic) bond motifs is 1. The van der Waals surface area contributed by atoms with Crippen molar-refractivity contribution in [2.45, 2.75) is 52.7 Å². The van der Waals surface area contributed by atoms with E-state index >= 15 is 0 Å². The molecular formula is C23H30N8O.